The molecule has 0 aliphatic heterocycles. The summed E-state index contributed by atoms with van der Waals surface area (Å²) in [4.78, 5) is 40.2. The number of nitrogen functional groups attached to an aromatic ring is 1. The fraction of sp³-hybridized carbons (Fsp3) is 0. The van der Waals surface area contributed by atoms with Crippen molar-refractivity contribution >= 4 is 29.2 Å². The third kappa shape index (κ3) is 12.5. The van der Waals surface area contributed by atoms with Crippen molar-refractivity contribution in [2.24, 2.45) is 0 Å². The Hall–Kier alpha value is -0.570. The van der Waals surface area contributed by atoms with E-state index in [4.69, 9.17) is 30.2 Å². The summed E-state index contributed by atoms with van der Waals surface area (Å²) in [6.45, 7) is 0. The monoisotopic (exact) mass is 351 g/mol. The van der Waals surface area contributed by atoms with Crippen molar-refractivity contribution in [3.8, 4) is 0 Å². The second-order valence-electron chi connectivity index (χ2n) is 3.02. The van der Waals surface area contributed by atoms with Crippen LogP contribution in [-0.4, -0.2) is 24.5 Å². The van der Waals surface area contributed by atoms with E-state index in [1.807, 2.05) is 30.3 Å². The second kappa shape index (κ2) is 7.44. The maximum Gasteiger partial charge on any atom is 0.490 e. The minimum absolute atomic E-state index is 0.822. The number of hydrogen-bond donors (Lipinski definition) is 6. The Morgan fingerprint density at radius 2 is 1.15 bits per heavy atom. The molecule has 0 radical (unpaired) electrons. The van der Waals surface area contributed by atoms with Crippen molar-refractivity contribution in [1.82, 2.24) is 0 Å². The lowest BCUT2D eigenvalue weighted by molar-refractivity contribution is 0.204. The molecule has 1 aromatic rings. The Kier molecular flexibility index (Phi) is 7.23. The van der Waals surface area contributed by atoms with Crippen LogP contribution in [0.5, 0.6) is 0 Å². The predicted molar refractivity (Wildman–Crippen MR) is 66.9 cm³/mol. The first-order valence-corrected chi connectivity index (χ1v) is 9.03. The van der Waals surface area contributed by atoms with Gasteiger partial charge in [0.05, 0.1) is 0 Å². The van der Waals surface area contributed by atoms with Gasteiger partial charge >= 0.3 is 23.5 Å². The molecule has 14 heteroatoms. The van der Waals surface area contributed by atoms with Crippen molar-refractivity contribution in [2.75, 3.05) is 5.73 Å². The Balaban J connectivity index is 0.000000428. The lowest BCUT2D eigenvalue weighted by Gasteiger charge is -2.11. The molecule has 0 spiro atoms. The number of hydrogen-bond acceptors (Lipinski definition) is 6. The molecular weight excluding hydrogens is 339 g/mol. The molecule has 0 atom stereocenters. The van der Waals surface area contributed by atoms with Gasteiger partial charge in [0.1, 0.15) is 0 Å². The van der Waals surface area contributed by atoms with Crippen molar-refractivity contribution < 1.29 is 46.8 Å². The van der Waals surface area contributed by atoms with Crippen LogP contribution in [0, 0.1) is 0 Å². The third-order valence-corrected chi connectivity index (χ3v) is 4.57. The molecule has 11 nitrogen and oxygen atoms in total. The zero-order chi connectivity index (χ0) is 16.0. The molecule has 0 unspecified atom stereocenters. The van der Waals surface area contributed by atoms with E-state index in [9.17, 15) is 13.7 Å². The lowest BCUT2D eigenvalue weighted by Crippen LogP contribution is -1.91. The summed E-state index contributed by atoms with van der Waals surface area (Å²) in [5.41, 5.74) is 6.18. The van der Waals surface area contributed by atoms with Gasteiger partial charge in [-0.25, -0.2) is 13.7 Å². The highest BCUT2D eigenvalue weighted by molar-refractivity contribution is 7.66. The van der Waals surface area contributed by atoms with Crippen LogP contribution < -0.4 is 5.73 Å². The highest BCUT2D eigenvalue weighted by Gasteiger charge is 2.38. The van der Waals surface area contributed by atoms with Gasteiger partial charge in [-0.3, -0.25) is 0 Å². The van der Waals surface area contributed by atoms with Gasteiger partial charge in [-0.05, 0) is 12.1 Å². The fourth-order valence-corrected chi connectivity index (χ4v) is 3.27. The maximum absolute atomic E-state index is 10.4. The molecular formula is C6H12NO10P3. The summed E-state index contributed by atoms with van der Waals surface area (Å²) in [5, 5.41) is 0. The van der Waals surface area contributed by atoms with E-state index in [0.717, 1.165) is 5.69 Å². The normalized spacial score (nSPS) is 12.4. The molecule has 0 heterocycles. The van der Waals surface area contributed by atoms with Crippen molar-refractivity contribution in [1.29, 1.82) is 0 Å². The average molecular weight is 351 g/mol. The van der Waals surface area contributed by atoms with E-state index in [1.165, 1.54) is 0 Å². The Labute approximate surface area is 113 Å². The Morgan fingerprint density at radius 1 is 0.800 bits per heavy atom. The standard InChI is InChI=1S/C6H7N.H5O10P3/c7-6-4-2-1-3-5-6;1-11(2,3)9-13(7,8)10-12(4,5)6/h1-5H,7H2;(H,7,8)(H2,1,2,3)(H2,4,5,6). The van der Waals surface area contributed by atoms with Gasteiger partial charge in [-0.15, -0.1) is 0 Å². The molecule has 116 valence electrons. The van der Waals surface area contributed by atoms with Gasteiger partial charge in [0.2, 0.25) is 0 Å². The van der Waals surface area contributed by atoms with E-state index in [1.54, 1.807) is 0 Å². The van der Waals surface area contributed by atoms with Crippen LogP contribution >= 0.6 is 23.5 Å². The van der Waals surface area contributed by atoms with Crippen LogP contribution in [0.2, 0.25) is 0 Å². The summed E-state index contributed by atoms with van der Waals surface area (Å²) in [6, 6.07) is 9.49. The summed E-state index contributed by atoms with van der Waals surface area (Å²) >= 11 is 0. The maximum atomic E-state index is 10.4. The molecule has 1 rings (SSSR count). The number of phosphoric acid groups is 3. The molecule has 0 bridgehead atoms. The quantitative estimate of drug-likeness (QED) is 0.327. The van der Waals surface area contributed by atoms with E-state index in [2.05, 4.69) is 8.62 Å². The Morgan fingerprint density at radius 3 is 1.35 bits per heavy atom. The fourth-order valence-electron chi connectivity index (χ4n) is 0.737. The van der Waals surface area contributed by atoms with Crippen molar-refractivity contribution in [2.45, 2.75) is 0 Å². The molecule has 0 saturated heterocycles. The number of benzene rings is 1. The molecule has 0 amide bonds. The van der Waals surface area contributed by atoms with Gasteiger partial charge < -0.3 is 30.2 Å². The topological polar surface area (TPSA) is 197 Å². The van der Waals surface area contributed by atoms with E-state index in [-0.39, 0.29) is 0 Å². The first-order valence-electron chi connectivity index (χ1n) is 4.48. The first-order chi connectivity index (χ1) is 8.81. The minimum Gasteiger partial charge on any atom is -0.399 e. The summed E-state index contributed by atoms with van der Waals surface area (Å²) in [5.74, 6) is 0. The number of nitrogens with two attached hydrogens (primary N) is 1. The van der Waals surface area contributed by atoms with Gasteiger partial charge in [-0.2, -0.15) is 8.62 Å². The van der Waals surface area contributed by atoms with Crippen LogP contribution in [-0.2, 0) is 22.3 Å². The van der Waals surface area contributed by atoms with Gasteiger partial charge in [0.15, 0.2) is 0 Å². The summed E-state index contributed by atoms with van der Waals surface area (Å²) < 4.78 is 36.4. The van der Waals surface area contributed by atoms with Crippen molar-refractivity contribution in [3.63, 3.8) is 0 Å². The SMILES string of the molecule is Nc1ccccc1.O=P(O)(O)OP(=O)(O)OP(=O)(O)O. The van der Waals surface area contributed by atoms with Crippen LogP contribution in [0.15, 0.2) is 30.3 Å². The Bertz CT molecular complexity index is 521. The molecule has 20 heavy (non-hydrogen) atoms. The van der Waals surface area contributed by atoms with E-state index < -0.39 is 23.5 Å². The third-order valence-electron chi connectivity index (χ3n) is 1.22. The molecule has 0 saturated carbocycles. The molecule has 0 aromatic heterocycles. The van der Waals surface area contributed by atoms with Crippen LogP contribution in [0.1, 0.15) is 0 Å². The summed E-state index contributed by atoms with van der Waals surface area (Å²) in [6.07, 6.45) is 0. The molecule has 7 N–H and O–H groups in total. The zero-order valence-electron chi connectivity index (χ0n) is 9.58. The van der Waals surface area contributed by atoms with Crippen LogP contribution in [0.3, 0.4) is 0 Å². The number of para-hydroxylation sites is 1. The van der Waals surface area contributed by atoms with Crippen molar-refractivity contribution in [3.05, 3.63) is 30.3 Å². The van der Waals surface area contributed by atoms with E-state index in [0.29, 0.717) is 0 Å². The second-order valence-corrected chi connectivity index (χ2v) is 7.23. The van der Waals surface area contributed by atoms with E-state index >= 15 is 0 Å². The number of rotatable bonds is 4. The first kappa shape index (κ1) is 19.4. The average Bonchev–Trinajstić information content (AvgIpc) is 2.10. The molecule has 0 aliphatic rings. The zero-order valence-corrected chi connectivity index (χ0v) is 12.3. The minimum atomic E-state index is -5.46. The predicted octanol–water partition coefficient (Wildman–Crippen LogP) is 0.574. The molecule has 1 aromatic carbocycles. The van der Waals surface area contributed by atoms with Crippen LogP contribution in [0.25, 0.3) is 0 Å². The highest BCUT2D eigenvalue weighted by Crippen LogP contribution is 2.64. The van der Waals surface area contributed by atoms with Crippen LogP contribution in [0.4, 0.5) is 5.69 Å². The van der Waals surface area contributed by atoms with Gasteiger partial charge in [0, 0.05) is 5.69 Å². The lowest BCUT2D eigenvalue weighted by atomic mass is 10.3. The number of anilines is 1. The molecule has 0 aliphatic carbocycles. The van der Waals surface area contributed by atoms with Gasteiger partial charge in [0.25, 0.3) is 0 Å². The summed E-state index contributed by atoms with van der Waals surface area (Å²) in [7, 11) is -16.2. The van der Waals surface area contributed by atoms with Gasteiger partial charge in [-0.1, -0.05) is 18.2 Å². The molecule has 0 fully saturated rings. The highest BCUT2D eigenvalue weighted by atomic mass is 31.3. The largest absolute Gasteiger partial charge is 0.490 e. The smallest absolute Gasteiger partial charge is 0.399 e.